The van der Waals surface area contributed by atoms with E-state index in [4.69, 9.17) is 18.9 Å². The Morgan fingerprint density at radius 2 is 1.79 bits per heavy atom. The van der Waals surface area contributed by atoms with E-state index >= 15 is 0 Å². The number of Topliss-reactive ketones (excluding diaryl/α,β-unsaturated/α-hetero) is 1. The Morgan fingerprint density at radius 3 is 2.43 bits per heavy atom. The van der Waals surface area contributed by atoms with Gasteiger partial charge in [-0.1, -0.05) is 50.6 Å². The minimum atomic E-state index is -2.10. The predicted octanol–water partition coefficient (Wildman–Crippen LogP) is 4.21. The molecule has 15 heteroatoms. The zero-order chi connectivity index (χ0) is 41.2. The summed E-state index contributed by atoms with van der Waals surface area (Å²) in [5, 5.41) is 50.6. The van der Waals surface area contributed by atoms with E-state index in [2.05, 4.69) is 5.32 Å². The first-order chi connectivity index (χ1) is 26.2. The summed E-state index contributed by atoms with van der Waals surface area (Å²) >= 11 is 0. The van der Waals surface area contributed by atoms with Crippen LogP contribution in [0, 0.1) is 51.0 Å². The lowest BCUT2D eigenvalue weighted by Crippen LogP contribution is -2.65. The minimum absolute atomic E-state index is 0.0397. The fraction of sp³-hybridized carbons (Fsp3) is 0.659. The van der Waals surface area contributed by atoms with Gasteiger partial charge in [0.1, 0.15) is 23.7 Å². The number of carbonyl (C=O) groups excluding carboxylic acids is 4. The number of ether oxygens (including phenoxy) is 4. The average Bonchev–Trinajstić information content (AvgIpc) is 3.38. The molecule has 306 valence electrons. The molecule has 56 heavy (non-hydrogen) atoms. The lowest BCUT2D eigenvalue weighted by atomic mass is 9.49. The first kappa shape index (κ1) is 41.5. The van der Waals surface area contributed by atoms with Crippen LogP contribution in [0.4, 0.5) is 4.79 Å². The number of ketones is 1. The van der Waals surface area contributed by atoms with E-state index in [1.165, 1.54) is 13.0 Å². The van der Waals surface area contributed by atoms with Crippen molar-refractivity contribution in [3.8, 4) is 0 Å². The first-order valence-electron chi connectivity index (χ1n) is 19.3. The van der Waals surface area contributed by atoms with Gasteiger partial charge >= 0.3 is 12.1 Å². The molecule has 1 spiro atoms. The SMILES string of the molecule is COC(=O)NC1[C@H](C)O[C@@H](O[C@H]2C/C=C(\C)[C@@H]3C=C[C@@H]4[C@@H](O)[C@@H](C)C[C@H](C)[C@H]4[C@]3(C)/C(O)=C3\C(=O)O[C@]4(CC(C=O)=C[C@H](O)[C@H]4/C=C\2C)C3=O)CC1(C)[N+](=O)[O-]. The van der Waals surface area contributed by atoms with Gasteiger partial charge in [0.25, 0.3) is 0 Å². The molecular formula is C41H54N2O13. The molecule has 2 aliphatic heterocycles. The molecule has 0 aromatic carbocycles. The van der Waals surface area contributed by atoms with Crippen LogP contribution < -0.4 is 5.32 Å². The smallest absolute Gasteiger partial charge is 0.407 e. The zero-order valence-corrected chi connectivity index (χ0v) is 33.1. The van der Waals surface area contributed by atoms with E-state index < -0.39 is 111 Å². The van der Waals surface area contributed by atoms with Crippen molar-refractivity contribution in [3.05, 3.63) is 68.5 Å². The second-order valence-electron chi connectivity index (χ2n) is 17.2. The van der Waals surface area contributed by atoms with Crippen molar-refractivity contribution in [2.45, 2.75) is 122 Å². The highest BCUT2D eigenvalue weighted by Crippen LogP contribution is 2.60. The van der Waals surface area contributed by atoms with E-state index in [1.807, 2.05) is 39.0 Å². The number of nitro groups is 1. The number of allylic oxidation sites excluding steroid dienone is 3. The van der Waals surface area contributed by atoms with E-state index in [0.29, 0.717) is 18.3 Å². The average molecular weight is 783 g/mol. The van der Waals surface area contributed by atoms with Crippen LogP contribution in [-0.2, 0) is 33.3 Å². The molecule has 6 aliphatic rings. The summed E-state index contributed by atoms with van der Waals surface area (Å²) in [5.41, 5.74) is -4.40. The maximum absolute atomic E-state index is 14.9. The van der Waals surface area contributed by atoms with Crippen LogP contribution in [0.5, 0.6) is 0 Å². The number of esters is 1. The van der Waals surface area contributed by atoms with Crippen molar-refractivity contribution in [2.24, 2.45) is 40.9 Å². The van der Waals surface area contributed by atoms with Crippen molar-refractivity contribution in [2.75, 3.05) is 7.11 Å². The van der Waals surface area contributed by atoms with Gasteiger partial charge in [0, 0.05) is 35.5 Å². The molecule has 6 rings (SSSR count). The van der Waals surface area contributed by atoms with Gasteiger partial charge in [0.2, 0.25) is 11.3 Å². The Balaban J connectivity index is 1.51. The summed E-state index contributed by atoms with van der Waals surface area (Å²) in [5.74, 6) is -5.13. The number of rotatable bonds is 5. The third kappa shape index (κ3) is 6.53. The van der Waals surface area contributed by atoms with Crippen LogP contribution >= 0.6 is 0 Å². The molecule has 2 heterocycles. The quantitative estimate of drug-likeness (QED) is 0.0768. The Bertz CT molecular complexity index is 1830. The molecule has 15 atom stereocenters. The third-order valence-corrected chi connectivity index (χ3v) is 13.7. The van der Waals surface area contributed by atoms with Gasteiger partial charge in [0.15, 0.2) is 11.9 Å². The molecular weight excluding hydrogens is 728 g/mol. The monoisotopic (exact) mass is 782 g/mol. The molecule has 1 saturated carbocycles. The topological polar surface area (TPSA) is 221 Å². The van der Waals surface area contributed by atoms with Gasteiger partial charge in [0.05, 0.1) is 43.9 Å². The van der Waals surface area contributed by atoms with Crippen molar-refractivity contribution < 1.29 is 58.4 Å². The summed E-state index contributed by atoms with van der Waals surface area (Å²) in [4.78, 5) is 65.3. The third-order valence-electron chi connectivity index (χ3n) is 13.7. The van der Waals surface area contributed by atoms with Crippen molar-refractivity contribution >= 4 is 24.1 Å². The predicted molar refractivity (Wildman–Crippen MR) is 199 cm³/mol. The number of nitrogens with zero attached hydrogens (tertiary/aromatic N) is 1. The molecule has 2 bridgehead atoms. The number of carbonyl (C=O) groups is 4. The highest BCUT2D eigenvalue weighted by atomic mass is 16.7. The Kier molecular flexibility index (Phi) is 11.1. The first-order valence-corrected chi connectivity index (χ1v) is 19.3. The van der Waals surface area contributed by atoms with E-state index in [9.17, 15) is 44.6 Å². The Morgan fingerprint density at radius 1 is 1.09 bits per heavy atom. The standard InChI is InChI=1S/C41H54N2O13/c1-19-9-12-29(55-30-17-39(6,43(51)52)34(23(5)54-30)42-38(50)53-8)20(2)14-27-28(45)15-24(18-44)16-41(27)36(48)31(37(49)56-41)35(47)40(7)26(19)11-10-25-32(40)21(3)13-22(4)33(25)46/h9-11,14-15,18,21-23,25-30,32-34,45-47H,12-13,16-17H2,1-8H3,(H,42,50)/b19-9+,20-14-,35-31+/t21-,22-,23-,25-,26-,27+,28-,29-,30-,32+,33-,34?,39?,40+,41-/m0/s1. The molecule has 15 nitrogen and oxygen atoms in total. The molecule has 0 aromatic rings. The number of amides is 1. The van der Waals surface area contributed by atoms with Gasteiger partial charge < -0.3 is 39.6 Å². The Hall–Kier alpha value is -4.18. The second kappa shape index (κ2) is 15.0. The van der Waals surface area contributed by atoms with Crippen LogP contribution in [0.1, 0.15) is 74.1 Å². The normalized spacial score (nSPS) is 47.0. The molecule has 3 fully saturated rings. The highest BCUT2D eigenvalue weighted by Gasteiger charge is 2.64. The highest BCUT2D eigenvalue weighted by molar-refractivity contribution is 6.26. The number of aliphatic hydroxyl groups is 3. The van der Waals surface area contributed by atoms with Crippen LogP contribution in [0.2, 0.25) is 0 Å². The van der Waals surface area contributed by atoms with Gasteiger partial charge in [-0.15, -0.1) is 0 Å². The molecule has 0 aromatic heterocycles. The molecule has 1 amide bonds. The largest absolute Gasteiger partial charge is 0.511 e. The summed E-state index contributed by atoms with van der Waals surface area (Å²) < 4.78 is 23.4. The fourth-order valence-corrected chi connectivity index (χ4v) is 10.8. The Labute approximate surface area is 326 Å². The van der Waals surface area contributed by atoms with Gasteiger partial charge in [-0.3, -0.25) is 19.7 Å². The number of hydrogen-bond acceptors (Lipinski definition) is 13. The summed E-state index contributed by atoms with van der Waals surface area (Å²) in [7, 11) is 1.15. The number of aldehydes is 1. The summed E-state index contributed by atoms with van der Waals surface area (Å²) in [6.07, 6.45) is 3.32. The lowest BCUT2D eigenvalue weighted by molar-refractivity contribution is -0.584. The maximum Gasteiger partial charge on any atom is 0.407 e. The number of hydrogen-bond donors (Lipinski definition) is 4. The van der Waals surface area contributed by atoms with Crippen molar-refractivity contribution in [3.63, 3.8) is 0 Å². The number of fused-ring (bicyclic) bond motifs is 4. The fourth-order valence-electron chi connectivity index (χ4n) is 10.8. The minimum Gasteiger partial charge on any atom is -0.511 e. The van der Waals surface area contributed by atoms with E-state index in [0.717, 1.165) is 12.7 Å². The van der Waals surface area contributed by atoms with Gasteiger partial charge in [-0.05, 0) is 68.6 Å². The lowest BCUT2D eigenvalue weighted by Gasteiger charge is -2.55. The number of methoxy groups -OCH3 is 1. The maximum atomic E-state index is 14.9. The van der Waals surface area contributed by atoms with E-state index in [1.54, 1.807) is 26.8 Å². The van der Waals surface area contributed by atoms with E-state index in [-0.39, 0.29) is 36.7 Å². The molecule has 4 N–H and O–H groups in total. The molecule has 0 radical (unpaired) electrons. The summed E-state index contributed by atoms with van der Waals surface area (Å²) in [6.45, 7) is 12.4. The number of alkyl carbamates (subject to hydrolysis) is 1. The van der Waals surface area contributed by atoms with Crippen molar-refractivity contribution in [1.29, 1.82) is 0 Å². The zero-order valence-electron chi connectivity index (χ0n) is 33.1. The van der Waals surface area contributed by atoms with Crippen LogP contribution in [0.3, 0.4) is 0 Å². The van der Waals surface area contributed by atoms with Crippen LogP contribution in [0.15, 0.2) is 58.4 Å². The van der Waals surface area contributed by atoms with Crippen LogP contribution in [-0.4, -0.2) is 99.4 Å². The van der Waals surface area contributed by atoms with Gasteiger partial charge in [-0.25, -0.2) is 9.59 Å². The van der Waals surface area contributed by atoms with Crippen LogP contribution in [0.25, 0.3) is 0 Å². The molecule has 2 saturated heterocycles. The second-order valence-corrected chi connectivity index (χ2v) is 17.2. The van der Waals surface area contributed by atoms with Gasteiger partial charge in [-0.2, -0.15) is 0 Å². The van der Waals surface area contributed by atoms with Crippen molar-refractivity contribution in [1.82, 2.24) is 5.32 Å². The molecule has 4 aliphatic carbocycles. The number of nitrogens with one attached hydrogen (secondary N) is 1. The number of aliphatic hydroxyl groups excluding tert-OH is 3. The molecule has 2 unspecified atom stereocenters. The summed E-state index contributed by atoms with van der Waals surface area (Å²) in [6, 6.07) is -1.07.